The van der Waals surface area contributed by atoms with Crippen molar-refractivity contribution in [3.05, 3.63) is 168 Å². The number of para-hydroxylation sites is 3. The highest BCUT2D eigenvalue weighted by molar-refractivity contribution is 6.07. The third-order valence-electron chi connectivity index (χ3n) is 9.43. The highest BCUT2D eigenvalue weighted by atomic mass is 15.1. The molecular formula is C43H41N3. The second-order valence-corrected chi connectivity index (χ2v) is 12.3. The predicted molar refractivity (Wildman–Crippen MR) is 197 cm³/mol. The van der Waals surface area contributed by atoms with Crippen molar-refractivity contribution in [2.24, 2.45) is 0 Å². The summed E-state index contributed by atoms with van der Waals surface area (Å²) >= 11 is 0. The molecule has 0 atom stereocenters. The molecule has 7 aromatic rings. The van der Waals surface area contributed by atoms with E-state index in [4.69, 9.17) is 0 Å². The Kier molecular flexibility index (Phi) is 8.56. The first-order chi connectivity index (χ1) is 22.6. The minimum atomic E-state index is 0.336. The molecule has 46 heavy (non-hydrogen) atoms. The summed E-state index contributed by atoms with van der Waals surface area (Å²) in [6.45, 7) is 0. The van der Waals surface area contributed by atoms with Gasteiger partial charge < -0.3 is 14.8 Å². The fourth-order valence-electron chi connectivity index (χ4n) is 6.72. The van der Waals surface area contributed by atoms with Crippen LogP contribution in [0.15, 0.2) is 152 Å². The molecule has 0 fully saturated rings. The Morgan fingerprint density at radius 1 is 0.478 bits per heavy atom. The minimum Gasteiger partial charge on any atom is -0.355 e. The van der Waals surface area contributed by atoms with Gasteiger partial charge in [0.1, 0.15) is 0 Å². The molecule has 0 aliphatic carbocycles. The summed E-state index contributed by atoms with van der Waals surface area (Å²) in [4.78, 5) is 8.05. The number of aryl methyl sites for hydroxylation is 1. The topological polar surface area (TPSA) is 22.3 Å². The van der Waals surface area contributed by atoms with E-state index in [0.717, 1.165) is 25.7 Å². The van der Waals surface area contributed by atoms with Crippen LogP contribution in [0.3, 0.4) is 0 Å². The standard InChI is InChI=1S/C43H41N3/c1-45(35-14-5-3-6-15-35)37-26-22-33(23-27-37)39(34-24-28-38(29-25-34)46(2)36-16-7-4-8-17-36)18-10-9-13-32-21-30-43-41(31-32)40-19-11-12-20-42(40)44-43/h3-8,11-12,14-17,19-31,39,44H,9-10,13,18H2,1-2H3. The van der Waals surface area contributed by atoms with E-state index in [9.17, 15) is 0 Å². The van der Waals surface area contributed by atoms with E-state index in [1.165, 1.54) is 61.2 Å². The lowest BCUT2D eigenvalue weighted by molar-refractivity contribution is 0.626. The molecule has 7 rings (SSSR count). The average molecular weight is 600 g/mol. The van der Waals surface area contributed by atoms with Gasteiger partial charge in [-0.1, -0.05) is 91.3 Å². The summed E-state index contributed by atoms with van der Waals surface area (Å²) in [6.07, 6.45) is 4.52. The highest BCUT2D eigenvalue weighted by Crippen LogP contribution is 2.35. The van der Waals surface area contributed by atoms with Crippen LogP contribution >= 0.6 is 0 Å². The molecule has 3 nitrogen and oxygen atoms in total. The number of aromatic nitrogens is 1. The number of nitrogens with zero attached hydrogens (tertiary/aromatic N) is 2. The Morgan fingerprint density at radius 2 is 0.978 bits per heavy atom. The SMILES string of the molecule is CN(c1ccccc1)c1ccc(C(CCCCc2ccc3[nH]c4ccccc4c3c2)c2ccc(N(C)c3ccccc3)cc2)cc1. The van der Waals surface area contributed by atoms with Crippen molar-refractivity contribution in [3.8, 4) is 0 Å². The average Bonchev–Trinajstić information content (AvgIpc) is 3.50. The van der Waals surface area contributed by atoms with Crippen LogP contribution in [-0.2, 0) is 6.42 Å². The summed E-state index contributed by atoms with van der Waals surface area (Å²) in [6, 6.07) is 55.0. The van der Waals surface area contributed by atoms with Crippen molar-refractivity contribution < 1.29 is 0 Å². The molecule has 1 heterocycles. The van der Waals surface area contributed by atoms with E-state index >= 15 is 0 Å². The first-order valence-electron chi connectivity index (χ1n) is 16.4. The maximum absolute atomic E-state index is 3.56. The minimum absolute atomic E-state index is 0.336. The van der Waals surface area contributed by atoms with E-state index in [-0.39, 0.29) is 0 Å². The van der Waals surface area contributed by atoms with Crippen molar-refractivity contribution in [2.75, 3.05) is 23.9 Å². The van der Waals surface area contributed by atoms with Gasteiger partial charge in [0.05, 0.1) is 0 Å². The molecule has 6 aromatic carbocycles. The van der Waals surface area contributed by atoms with Gasteiger partial charge in [0.15, 0.2) is 0 Å². The summed E-state index contributed by atoms with van der Waals surface area (Å²) in [5.41, 5.74) is 11.3. The monoisotopic (exact) mass is 599 g/mol. The number of nitrogens with one attached hydrogen (secondary N) is 1. The lowest BCUT2D eigenvalue weighted by Gasteiger charge is -2.23. The maximum atomic E-state index is 3.56. The Morgan fingerprint density at radius 3 is 1.57 bits per heavy atom. The smallest absolute Gasteiger partial charge is 0.0465 e. The summed E-state index contributed by atoms with van der Waals surface area (Å²) in [5, 5.41) is 2.63. The number of benzene rings is 6. The van der Waals surface area contributed by atoms with E-state index in [2.05, 4.69) is 181 Å². The lowest BCUT2D eigenvalue weighted by atomic mass is 9.86. The Hall–Kier alpha value is -5.28. The third kappa shape index (κ3) is 6.27. The van der Waals surface area contributed by atoms with Crippen molar-refractivity contribution >= 4 is 44.6 Å². The summed E-state index contributed by atoms with van der Waals surface area (Å²) in [7, 11) is 4.27. The Bertz CT molecular complexity index is 1920. The molecule has 0 amide bonds. The highest BCUT2D eigenvalue weighted by Gasteiger charge is 2.16. The number of fused-ring (bicyclic) bond motifs is 3. The van der Waals surface area contributed by atoms with Gasteiger partial charge in [-0.25, -0.2) is 0 Å². The molecule has 0 radical (unpaired) electrons. The zero-order valence-electron chi connectivity index (χ0n) is 26.7. The quantitative estimate of drug-likeness (QED) is 0.149. The van der Waals surface area contributed by atoms with Gasteiger partial charge in [-0.3, -0.25) is 0 Å². The molecule has 0 bridgehead atoms. The van der Waals surface area contributed by atoms with Crippen molar-refractivity contribution in [1.82, 2.24) is 4.98 Å². The second-order valence-electron chi connectivity index (χ2n) is 12.3. The first-order valence-corrected chi connectivity index (χ1v) is 16.4. The molecule has 0 saturated carbocycles. The van der Waals surface area contributed by atoms with Crippen molar-refractivity contribution in [3.63, 3.8) is 0 Å². The largest absolute Gasteiger partial charge is 0.355 e. The Balaban J connectivity index is 1.09. The number of hydrogen-bond acceptors (Lipinski definition) is 2. The summed E-state index contributed by atoms with van der Waals surface area (Å²) < 4.78 is 0. The van der Waals surface area contributed by atoms with Crippen LogP contribution in [0.1, 0.15) is 41.9 Å². The normalized spacial score (nSPS) is 11.4. The number of rotatable bonds is 11. The van der Waals surface area contributed by atoms with Crippen LogP contribution in [0.4, 0.5) is 22.7 Å². The van der Waals surface area contributed by atoms with E-state index in [1.807, 2.05) is 0 Å². The molecular weight excluding hydrogens is 558 g/mol. The number of anilines is 4. The van der Waals surface area contributed by atoms with Crippen LogP contribution in [0, 0.1) is 0 Å². The number of unbranched alkanes of at least 4 members (excludes halogenated alkanes) is 1. The summed E-state index contributed by atoms with van der Waals surface area (Å²) in [5.74, 6) is 0.336. The van der Waals surface area contributed by atoms with Crippen LogP contribution in [0.5, 0.6) is 0 Å². The third-order valence-corrected chi connectivity index (χ3v) is 9.43. The zero-order chi connectivity index (χ0) is 31.3. The predicted octanol–water partition coefficient (Wildman–Crippen LogP) is 11.4. The molecule has 0 spiro atoms. The van der Waals surface area contributed by atoms with Crippen LogP contribution in [0.2, 0.25) is 0 Å². The second kappa shape index (κ2) is 13.4. The fraction of sp³-hybridized carbons (Fsp3) is 0.163. The van der Waals surface area contributed by atoms with Gasteiger partial charge in [-0.05, 0) is 103 Å². The van der Waals surface area contributed by atoms with Gasteiger partial charge in [-0.15, -0.1) is 0 Å². The molecule has 228 valence electrons. The molecule has 1 aromatic heterocycles. The van der Waals surface area contributed by atoms with E-state index in [0.29, 0.717) is 5.92 Å². The molecule has 1 N–H and O–H groups in total. The molecule has 0 unspecified atom stereocenters. The van der Waals surface area contributed by atoms with Crippen LogP contribution in [-0.4, -0.2) is 19.1 Å². The maximum Gasteiger partial charge on any atom is 0.0465 e. The fourth-order valence-corrected chi connectivity index (χ4v) is 6.72. The van der Waals surface area contributed by atoms with Gasteiger partial charge in [0, 0.05) is 64.6 Å². The molecule has 0 aliphatic heterocycles. The number of aromatic amines is 1. The molecule has 3 heteroatoms. The van der Waals surface area contributed by atoms with E-state index < -0.39 is 0 Å². The number of hydrogen-bond donors (Lipinski definition) is 1. The Labute approximate surface area is 272 Å². The van der Waals surface area contributed by atoms with Gasteiger partial charge in [0.2, 0.25) is 0 Å². The zero-order valence-corrected chi connectivity index (χ0v) is 26.7. The van der Waals surface area contributed by atoms with Gasteiger partial charge >= 0.3 is 0 Å². The molecule has 0 aliphatic rings. The number of H-pyrrole nitrogens is 1. The van der Waals surface area contributed by atoms with Gasteiger partial charge in [0.25, 0.3) is 0 Å². The van der Waals surface area contributed by atoms with E-state index in [1.54, 1.807) is 0 Å². The molecule has 0 saturated heterocycles. The van der Waals surface area contributed by atoms with Crippen LogP contribution in [0.25, 0.3) is 21.8 Å². The van der Waals surface area contributed by atoms with Crippen LogP contribution < -0.4 is 9.80 Å². The first kappa shape index (κ1) is 29.4. The van der Waals surface area contributed by atoms with Crippen molar-refractivity contribution in [2.45, 2.75) is 31.6 Å². The van der Waals surface area contributed by atoms with Crippen molar-refractivity contribution in [1.29, 1.82) is 0 Å². The van der Waals surface area contributed by atoms with Gasteiger partial charge in [-0.2, -0.15) is 0 Å². The lowest BCUT2D eigenvalue weighted by Crippen LogP contribution is -2.10.